The van der Waals surface area contributed by atoms with Crippen molar-refractivity contribution in [3.05, 3.63) is 92.3 Å². The number of nitrogens with zero attached hydrogens (tertiary/aromatic N) is 2. The number of Topliss-reactive ketones (excluding diaryl/α,β-unsaturated/α-hetero) is 1. The second-order valence-corrected chi connectivity index (χ2v) is 7.94. The number of hydrogen-bond acceptors (Lipinski definition) is 5. The zero-order valence-electron chi connectivity index (χ0n) is 18.8. The van der Waals surface area contributed by atoms with Gasteiger partial charge in [-0.25, -0.2) is 0 Å². The van der Waals surface area contributed by atoms with E-state index in [1.807, 2.05) is 62.4 Å². The minimum atomic E-state index is -0.939. The normalized spacial score (nSPS) is 12.6. The molecule has 3 rings (SSSR count). The van der Waals surface area contributed by atoms with Crippen LogP contribution in [0.15, 0.2) is 53.3 Å². The van der Waals surface area contributed by atoms with Crippen LogP contribution >= 0.6 is 0 Å². The molecule has 3 aromatic rings. The summed E-state index contributed by atoms with van der Waals surface area (Å²) in [4.78, 5) is 26.3. The molecule has 1 heterocycles. The molecular formula is C26H26N2O4. The highest BCUT2D eigenvalue weighted by atomic mass is 16.5. The van der Waals surface area contributed by atoms with Crippen molar-refractivity contribution < 1.29 is 14.6 Å². The highest BCUT2D eigenvalue weighted by molar-refractivity contribution is 6.03. The van der Waals surface area contributed by atoms with Gasteiger partial charge in [0.25, 0.3) is 5.56 Å². The number of pyridine rings is 1. The summed E-state index contributed by atoms with van der Waals surface area (Å²) in [7, 11) is 0. The molecule has 1 N–H and O–H groups in total. The third-order valence-electron chi connectivity index (χ3n) is 5.82. The largest absolute Gasteiger partial charge is 0.494 e. The predicted octanol–water partition coefficient (Wildman–Crippen LogP) is 4.61. The molecule has 0 saturated carbocycles. The Morgan fingerprint density at radius 2 is 1.72 bits per heavy atom. The zero-order valence-corrected chi connectivity index (χ0v) is 18.8. The van der Waals surface area contributed by atoms with Crippen molar-refractivity contribution in [2.75, 3.05) is 0 Å². The fraction of sp³-hybridized carbons (Fsp3) is 0.269. The highest BCUT2D eigenvalue weighted by Crippen LogP contribution is 2.29. The van der Waals surface area contributed by atoms with Crippen LogP contribution in [0.4, 0.5) is 0 Å². The van der Waals surface area contributed by atoms with E-state index in [0.717, 1.165) is 21.3 Å². The summed E-state index contributed by atoms with van der Waals surface area (Å²) in [6.45, 7) is 8.74. The van der Waals surface area contributed by atoms with Gasteiger partial charge in [-0.2, -0.15) is 5.26 Å². The van der Waals surface area contributed by atoms with E-state index in [1.54, 1.807) is 19.9 Å². The first-order valence-electron chi connectivity index (χ1n) is 10.4. The van der Waals surface area contributed by atoms with Gasteiger partial charge in [0.1, 0.15) is 17.4 Å². The number of nitriles is 1. The van der Waals surface area contributed by atoms with E-state index in [1.165, 1.54) is 6.92 Å². The molecule has 0 aliphatic rings. The molecule has 2 aromatic carbocycles. The maximum atomic E-state index is 13.3. The Bertz CT molecular complexity index is 1270. The van der Waals surface area contributed by atoms with Crippen LogP contribution in [0.5, 0.6) is 11.6 Å². The molecule has 2 atom stereocenters. The van der Waals surface area contributed by atoms with Crippen molar-refractivity contribution in [1.82, 2.24) is 4.57 Å². The molecular weight excluding hydrogens is 404 g/mol. The van der Waals surface area contributed by atoms with Gasteiger partial charge in [0.2, 0.25) is 11.7 Å². The van der Waals surface area contributed by atoms with Crippen LogP contribution in [-0.2, 0) is 0 Å². The van der Waals surface area contributed by atoms with E-state index < -0.39 is 29.4 Å². The Kier molecular flexibility index (Phi) is 6.50. The zero-order chi connectivity index (χ0) is 23.6. The van der Waals surface area contributed by atoms with Gasteiger partial charge in [-0.05, 0) is 69.0 Å². The number of ether oxygens (including phenoxy) is 1. The fourth-order valence-corrected chi connectivity index (χ4v) is 3.70. The van der Waals surface area contributed by atoms with E-state index >= 15 is 0 Å². The summed E-state index contributed by atoms with van der Waals surface area (Å²) in [5.41, 5.74) is 2.14. The van der Waals surface area contributed by atoms with Crippen LogP contribution in [0.25, 0.3) is 0 Å². The van der Waals surface area contributed by atoms with Gasteiger partial charge in [0.05, 0.1) is 11.6 Å². The number of carbonyl (C=O) groups excluding carboxylic acids is 1. The van der Waals surface area contributed by atoms with Crippen LogP contribution in [0, 0.1) is 32.1 Å². The number of benzene rings is 2. The Morgan fingerprint density at radius 1 is 1.06 bits per heavy atom. The van der Waals surface area contributed by atoms with Crippen molar-refractivity contribution >= 4 is 5.78 Å². The van der Waals surface area contributed by atoms with Gasteiger partial charge in [-0.1, -0.05) is 36.4 Å². The van der Waals surface area contributed by atoms with Gasteiger partial charge in [-0.3, -0.25) is 14.2 Å². The molecule has 0 radical (unpaired) electrons. The number of aryl methyl sites for hydroxylation is 2. The third-order valence-corrected chi connectivity index (χ3v) is 5.82. The van der Waals surface area contributed by atoms with E-state index in [0.29, 0.717) is 5.75 Å². The van der Waals surface area contributed by atoms with Crippen molar-refractivity contribution in [3.63, 3.8) is 0 Å². The van der Waals surface area contributed by atoms with E-state index in [9.17, 15) is 20.0 Å². The van der Waals surface area contributed by atoms with E-state index in [-0.39, 0.29) is 16.7 Å². The lowest BCUT2D eigenvalue weighted by atomic mass is 9.98. The Balaban J connectivity index is 2.09. The quantitative estimate of drug-likeness (QED) is 0.577. The van der Waals surface area contributed by atoms with Crippen molar-refractivity contribution in [2.24, 2.45) is 0 Å². The van der Waals surface area contributed by atoms with Gasteiger partial charge in [0.15, 0.2) is 6.10 Å². The summed E-state index contributed by atoms with van der Waals surface area (Å²) < 4.78 is 6.93. The smallest absolute Gasteiger partial charge is 0.272 e. The summed E-state index contributed by atoms with van der Waals surface area (Å²) in [5, 5.41) is 20.7. The van der Waals surface area contributed by atoms with Crippen LogP contribution in [0.3, 0.4) is 0 Å². The first kappa shape index (κ1) is 22.8. The van der Waals surface area contributed by atoms with Crippen LogP contribution in [0.2, 0.25) is 0 Å². The van der Waals surface area contributed by atoms with Crippen LogP contribution < -0.4 is 10.3 Å². The first-order valence-corrected chi connectivity index (χ1v) is 10.4. The molecule has 1 aromatic heterocycles. The lowest BCUT2D eigenvalue weighted by Crippen LogP contribution is -2.32. The van der Waals surface area contributed by atoms with E-state index in [2.05, 4.69) is 0 Å². The van der Waals surface area contributed by atoms with E-state index in [4.69, 9.17) is 4.74 Å². The van der Waals surface area contributed by atoms with Gasteiger partial charge < -0.3 is 9.84 Å². The molecule has 6 nitrogen and oxygen atoms in total. The van der Waals surface area contributed by atoms with Crippen LogP contribution in [0.1, 0.15) is 58.1 Å². The molecule has 0 aliphatic carbocycles. The predicted molar refractivity (Wildman–Crippen MR) is 122 cm³/mol. The number of hydrogen-bond donors (Lipinski definition) is 1. The second kappa shape index (κ2) is 9.11. The van der Waals surface area contributed by atoms with Gasteiger partial charge in [-0.15, -0.1) is 0 Å². The van der Waals surface area contributed by atoms with Gasteiger partial charge >= 0.3 is 0 Å². The topological polar surface area (TPSA) is 92.3 Å². The minimum absolute atomic E-state index is 0.0831. The lowest BCUT2D eigenvalue weighted by molar-refractivity contribution is 0.0812. The summed E-state index contributed by atoms with van der Waals surface area (Å²) in [5.74, 6) is -0.454. The van der Waals surface area contributed by atoms with Crippen molar-refractivity contribution in [3.8, 4) is 17.7 Å². The number of rotatable bonds is 6. The first-order chi connectivity index (χ1) is 15.2. The summed E-state index contributed by atoms with van der Waals surface area (Å²) >= 11 is 0. The molecule has 0 spiro atoms. The lowest BCUT2D eigenvalue weighted by Gasteiger charge is -2.22. The average Bonchev–Trinajstić information content (AvgIpc) is 2.77. The number of aromatic hydroxyl groups is 1. The molecule has 164 valence electrons. The second-order valence-electron chi connectivity index (χ2n) is 7.94. The molecule has 6 heteroatoms. The van der Waals surface area contributed by atoms with Crippen molar-refractivity contribution in [1.29, 1.82) is 5.26 Å². The average molecular weight is 431 g/mol. The molecule has 0 fully saturated rings. The molecule has 2 unspecified atom stereocenters. The summed E-state index contributed by atoms with van der Waals surface area (Å²) in [6, 6.07) is 15.9. The van der Waals surface area contributed by atoms with Crippen LogP contribution in [-0.4, -0.2) is 21.6 Å². The third kappa shape index (κ3) is 4.15. The fourth-order valence-electron chi connectivity index (χ4n) is 3.70. The maximum Gasteiger partial charge on any atom is 0.272 e. The number of aromatic nitrogens is 1. The van der Waals surface area contributed by atoms with Gasteiger partial charge in [0, 0.05) is 0 Å². The number of ketones is 1. The summed E-state index contributed by atoms with van der Waals surface area (Å²) in [6.07, 6.45) is -0.939. The Morgan fingerprint density at radius 3 is 2.31 bits per heavy atom. The molecule has 0 bridgehead atoms. The molecule has 0 amide bonds. The minimum Gasteiger partial charge on any atom is -0.494 e. The molecule has 0 saturated heterocycles. The monoisotopic (exact) mass is 430 g/mol. The molecule has 32 heavy (non-hydrogen) atoms. The number of carbonyl (C=O) groups is 1. The standard InChI is InChI=1S/C26H26N2O4/c1-15-11-12-21(13-16(15)2)32-19(5)24(29)23-17(3)22(14-27)25(30)28(26(23)31)18(4)20-9-7-6-8-10-20/h6-13,18-19,31H,1-5H3. The maximum absolute atomic E-state index is 13.3. The van der Waals surface area contributed by atoms with Crippen molar-refractivity contribution in [2.45, 2.75) is 46.8 Å². The Hall–Kier alpha value is -3.85. The SMILES string of the molecule is Cc1ccc(OC(C)C(=O)c2c(C)c(C#N)c(=O)n(C(C)c3ccccc3)c2O)cc1C. The highest BCUT2D eigenvalue weighted by Gasteiger charge is 2.30. The Labute approximate surface area is 187 Å². The molecule has 0 aliphatic heterocycles.